The molecule has 0 aliphatic heterocycles. The van der Waals surface area contributed by atoms with Crippen LogP contribution in [0.4, 0.5) is 0 Å². The van der Waals surface area contributed by atoms with Crippen molar-refractivity contribution < 1.29 is 24.5 Å². The molecule has 0 heterocycles. The fraction of sp³-hybridized carbons (Fsp3) is 0.364. The molecule has 2 rings (SSSR count). The zero-order valence-electron chi connectivity index (χ0n) is 17.0. The third kappa shape index (κ3) is 9.09. The van der Waals surface area contributed by atoms with E-state index in [1.54, 1.807) is 0 Å². The summed E-state index contributed by atoms with van der Waals surface area (Å²) in [5.74, 6) is -2.15. The van der Waals surface area contributed by atoms with Gasteiger partial charge < -0.3 is 19.8 Å². The molecule has 0 aliphatic rings. The van der Waals surface area contributed by atoms with E-state index in [0.717, 1.165) is 22.7 Å². The van der Waals surface area contributed by atoms with Crippen LogP contribution in [0.1, 0.15) is 30.9 Å². The highest BCUT2D eigenvalue weighted by Gasteiger charge is 2.29. The van der Waals surface area contributed by atoms with Crippen LogP contribution in [0.15, 0.2) is 54.6 Å². The minimum absolute atomic E-state index is 0.296. The van der Waals surface area contributed by atoms with Gasteiger partial charge in [0.05, 0.1) is 19.4 Å². The van der Waals surface area contributed by atoms with Crippen molar-refractivity contribution in [1.82, 2.24) is 4.90 Å². The number of benzene rings is 2. The summed E-state index contributed by atoms with van der Waals surface area (Å²) in [4.78, 5) is 21.4. The van der Waals surface area contributed by atoms with Crippen LogP contribution in [0.2, 0.25) is 5.02 Å². The Bertz CT molecular complexity index is 751. The molecule has 0 radical (unpaired) electrons. The van der Waals surface area contributed by atoms with Crippen molar-refractivity contribution in [2.24, 2.45) is 0 Å². The number of likely N-dealkylation sites (N-methyl/N-ethyl adjacent to an activating group) is 1. The molecule has 7 heteroatoms. The Morgan fingerprint density at radius 1 is 0.931 bits per heavy atom. The van der Waals surface area contributed by atoms with Gasteiger partial charge in [-0.05, 0) is 44.3 Å². The minimum atomic E-state index is -1.08. The average molecular weight is 422 g/mol. The zero-order chi connectivity index (χ0) is 21.9. The molecule has 1 unspecified atom stereocenters. The molecular formula is C22H28ClNO5. The zero-order valence-corrected chi connectivity index (χ0v) is 17.7. The summed E-state index contributed by atoms with van der Waals surface area (Å²) in [7, 11) is 4.09. The Morgan fingerprint density at radius 2 is 1.41 bits per heavy atom. The van der Waals surface area contributed by atoms with Crippen molar-refractivity contribution in [3.8, 4) is 0 Å². The number of halogens is 1. The van der Waals surface area contributed by atoms with Gasteiger partial charge in [0.2, 0.25) is 0 Å². The first-order valence-electron chi connectivity index (χ1n) is 9.19. The van der Waals surface area contributed by atoms with Crippen molar-refractivity contribution in [2.45, 2.75) is 25.4 Å². The van der Waals surface area contributed by atoms with Crippen molar-refractivity contribution in [1.29, 1.82) is 0 Å². The lowest BCUT2D eigenvalue weighted by molar-refractivity contribution is -0.143. The smallest absolute Gasteiger partial charge is 0.303 e. The van der Waals surface area contributed by atoms with Crippen LogP contribution in [0, 0.1) is 0 Å². The molecule has 1 atom stereocenters. The fourth-order valence-electron chi connectivity index (χ4n) is 2.50. The Morgan fingerprint density at radius 3 is 1.86 bits per heavy atom. The number of carbonyl (C=O) groups is 2. The maximum atomic E-state index is 9.64. The molecule has 0 amide bonds. The van der Waals surface area contributed by atoms with Crippen molar-refractivity contribution >= 4 is 23.5 Å². The number of nitrogens with zero attached hydrogens (tertiary/aromatic N) is 1. The van der Waals surface area contributed by atoms with Crippen LogP contribution in [0.5, 0.6) is 0 Å². The third-order valence-electron chi connectivity index (χ3n) is 4.20. The van der Waals surface area contributed by atoms with Gasteiger partial charge in [-0.1, -0.05) is 54.1 Å². The topological polar surface area (TPSA) is 87.1 Å². The summed E-state index contributed by atoms with van der Waals surface area (Å²) in [6.45, 7) is 3.66. The molecule has 2 aromatic rings. The van der Waals surface area contributed by atoms with Crippen molar-refractivity contribution in [3.63, 3.8) is 0 Å². The first kappa shape index (κ1) is 24.6. The SMILES string of the molecule is CN(C)CCOC(C)(c1ccccc1)c1ccc(Cl)cc1.O=C(O)CCC(=O)O. The van der Waals surface area contributed by atoms with Crippen LogP contribution in [0.25, 0.3) is 0 Å². The molecule has 0 saturated heterocycles. The average Bonchev–Trinajstić information content (AvgIpc) is 2.67. The van der Waals surface area contributed by atoms with Gasteiger partial charge in [-0.3, -0.25) is 9.59 Å². The van der Waals surface area contributed by atoms with Crippen LogP contribution >= 0.6 is 11.6 Å². The van der Waals surface area contributed by atoms with E-state index in [2.05, 4.69) is 24.0 Å². The lowest BCUT2D eigenvalue weighted by Crippen LogP contribution is -2.31. The van der Waals surface area contributed by atoms with Crippen LogP contribution < -0.4 is 0 Å². The standard InChI is InChI=1S/C18H22ClNO.C4H6O4/c1-18(21-14-13-20(2)3,15-7-5-4-6-8-15)16-9-11-17(19)12-10-16;5-3(6)1-2-4(7)8/h4-12H,13-14H2,1-3H3;1-2H2,(H,5,6)(H,7,8). The monoisotopic (exact) mass is 421 g/mol. The molecule has 0 bridgehead atoms. The number of aliphatic carboxylic acids is 2. The summed E-state index contributed by atoms with van der Waals surface area (Å²) in [5, 5.41) is 16.5. The number of hydrogen-bond acceptors (Lipinski definition) is 4. The molecule has 0 spiro atoms. The summed E-state index contributed by atoms with van der Waals surface area (Å²) < 4.78 is 6.27. The van der Waals surface area contributed by atoms with Gasteiger partial charge in [-0.15, -0.1) is 0 Å². The minimum Gasteiger partial charge on any atom is -0.481 e. The predicted molar refractivity (Wildman–Crippen MR) is 113 cm³/mol. The summed E-state index contributed by atoms with van der Waals surface area (Å²) in [6, 6.07) is 18.2. The number of carboxylic acid groups (broad SMARTS) is 2. The number of rotatable bonds is 9. The van der Waals surface area contributed by atoms with Gasteiger partial charge in [-0.25, -0.2) is 0 Å². The van der Waals surface area contributed by atoms with Gasteiger partial charge in [0, 0.05) is 11.6 Å². The van der Waals surface area contributed by atoms with Gasteiger partial charge in [-0.2, -0.15) is 0 Å². The normalized spacial score (nSPS) is 12.6. The lowest BCUT2D eigenvalue weighted by Gasteiger charge is -2.32. The second kappa shape index (κ2) is 12.2. The molecule has 0 aliphatic carbocycles. The van der Waals surface area contributed by atoms with Crippen LogP contribution in [-0.4, -0.2) is 54.3 Å². The van der Waals surface area contributed by atoms with Gasteiger partial charge in [0.1, 0.15) is 5.60 Å². The second-order valence-electron chi connectivity index (χ2n) is 6.85. The Kier molecular flexibility index (Phi) is 10.4. The molecule has 6 nitrogen and oxygen atoms in total. The fourth-order valence-corrected chi connectivity index (χ4v) is 2.63. The Balaban J connectivity index is 0.000000447. The van der Waals surface area contributed by atoms with Crippen molar-refractivity contribution in [3.05, 3.63) is 70.7 Å². The predicted octanol–water partition coefficient (Wildman–Crippen LogP) is 4.12. The van der Waals surface area contributed by atoms with E-state index >= 15 is 0 Å². The summed E-state index contributed by atoms with van der Waals surface area (Å²) >= 11 is 6.01. The Labute approximate surface area is 176 Å². The highest BCUT2D eigenvalue weighted by atomic mass is 35.5. The maximum Gasteiger partial charge on any atom is 0.303 e. The van der Waals surface area contributed by atoms with Crippen LogP contribution in [0.3, 0.4) is 0 Å². The van der Waals surface area contributed by atoms with E-state index in [9.17, 15) is 9.59 Å². The van der Waals surface area contributed by atoms with E-state index in [1.165, 1.54) is 0 Å². The van der Waals surface area contributed by atoms with Crippen molar-refractivity contribution in [2.75, 3.05) is 27.2 Å². The van der Waals surface area contributed by atoms with E-state index in [0.29, 0.717) is 6.61 Å². The van der Waals surface area contributed by atoms with E-state index < -0.39 is 17.5 Å². The Hall–Kier alpha value is -2.41. The van der Waals surface area contributed by atoms with Gasteiger partial charge >= 0.3 is 11.9 Å². The van der Waals surface area contributed by atoms with Gasteiger partial charge in [0.25, 0.3) is 0 Å². The molecule has 0 aromatic heterocycles. The molecule has 2 aromatic carbocycles. The molecule has 0 fully saturated rings. The second-order valence-corrected chi connectivity index (χ2v) is 7.28. The summed E-state index contributed by atoms with van der Waals surface area (Å²) in [5.41, 5.74) is 1.78. The largest absolute Gasteiger partial charge is 0.481 e. The highest BCUT2D eigenvalue weighted by molar-refractivity contribution is 6.30. The van der Waals surface area contributed by atoms with E-state index in [-0.39, 0.29) is 12.8 Å². The number of hydrogen-bond donors (Lipinski definition) is 2. The molecular weight excluding hydrogens is 394 g/mol. The third-order valence-corrected chi connectivity index (χ3v) is 4.45. The first-order valence-corrected chi connectivity index (χ1v) is 9.57. The number of ether oxygens (including phenoxy) is 1. The number of carboxylic acids is 2. The quantitative estimate of drug-likeness (QED) is 0.633. The lowest BCUT2D eigenvalue weighted by atomic mass is 9.88. The van der Waals surface area contributed by atoms with Crippen LogP contribution in [-0.2, 0) is 19.9 Å². The first-order chi connectivity index (χ1) is 13.6. The molecule has 0 saturated carbocycles. The highest BCUT2D eigenvalue weighted by Crippen LogP contribution is 2.33. The van der Waals surface area contributed by atoms with E-state index in [4.69, 9.17) is 26.6 Å². The molecule has 29 heavy (non-hydrogen) atoms. The maximum absolute atomic E-state index is 9.64. The molecule has 158 valence electrons. The van der Waals surface area contributed by atoms with Gasteiger partial charge in [0.15, 0.2) is 0 Å². The molecule has 2 N–H and O–H groups in total. The van der Waals surface area contributed by atoms with E-state index in [1.807, 2.05) is 56.6 Å². The summed E-state index contributed by atoms with van der Waals surface area (Å²) in [6.07, 6.45) is -0.593.